The Morgan fingerprint density at radius 3 is 2.33 bits per heavy atom. The highest BCUT2D eigenvalue weighted by Gasteiger charge is 2.45. The fourth-order valence-corrected chi connectivity index (χ4v) is 5.56. The van der Waals surface area contributed by atoms with E-state index in [2.05, 4.69) is 36.2 Å². The molecule has 1 aromatic heterocycles. The fraction of sp³-hybridized carbons (Fsp3) is 0.324. The number of alkyl halides is 3. The molecule has 3 aromatic carbocycles. The summed E-state index contributed by atoms with van der Waals surface area (Å²) in [6, 6.07) is 18.2. The summed E-state index contributed by atoms with van der Waals surface area (Å²) in [4.78, 5) is 61.7. The summed E-state index contributed by atoms with van der Waals surface area (Å²) < 4.78 is 48.8. The van der Waals surface area contributed by atoms with Crippen LogP contribution in [-0.4, -0.2) is 76.1 Å². The molecular weight excluding hydrogens is 747 g/mol. The number of rotatable bonds is 19. The molecule has 55 heavy (non-hydrogen) atoms. The normalized spacial score (nSPS) is 13.5. The van der Waals surface area contributed by atoms with Crippen LogP contribution in [0.5, 0.6) is 11.8 Å². The van der Waals surface area contributed by atoms with Crippen LogP contribution in [-0.2, 0) is 26.3 Å². The summed E-state index contributed by atoms with van der Waals surface area (Å²) in [5.74, 6) is -3.08. The van der Waals surface area contributed by atoms with Gasteiger partial charge >= 0.3 is 18.2 Å². The van der Waals surface area contributed by atoms with E-state index >= 15 is 0 Å². The second-order valence-electron chi connectivity index (χ2n) is 12.6. The maximum absolute atomic E-state index is 12.9. The van der Waals surface area contributed by atoms with Crippen LogP contribution in [0, 0.1) is 0 Å². The average Bonchev–Trinajstić information content (AvgIpc) is 3.93. The minimum absolute atomic E-state index is 0.00362. The zero-order valence-corrected chi connectivity index (χ0v) is 30.2. The van der Waals surface area contributed by atoms with Crippen molar-refractivity contribution in [3.63, 3.8) is 0 Å². The van der Waals surface area contributed by atoms with Crippen molar-refractivity contribution in [1.29, 1.82) is 0 Å². The van der Waals surface area contributed by atoms with Gasteiger partial charge in [-0.25, -0.2) is 4.79 Å². The van der Waals surface area contributed by atoms with E-state index in [0.717, 1.165) is 11.1 Å². The number of Topliss-reactive ketones (excluding diaryl/α,β-unsaturated/α-hetero) is 1. The van der Waals surface area contributed by atoms with Gasteiger partial charge in [-0.15, -0.1) is 0 Å². The number of carboxylic acids is 1. The molecule has 5 N–H and O–H groups in total. The van der Waals surface area contributed by atoms with E-state index in [0.29, 0.717) is 42.1 Å². The molecule has 5 rings (SSSR count). The number of carbonyl (C=O) groups is 4. The van der Waals surface area contributed by atoms with Gasteiger partial charge in [-0.2, -0.15) is 28.1 Å². The molecule has 14 nitrogen and oxygen atoms in total. The number of methoxy groups -OCH3 is 1. The van der Waals surface area contributed by atoms with Crippen LogP contribution in [0.1, 0.15) is 53.6 Å². The second kappa shape index (κ2) is 17.9. The van der Waals surface area contributed by atoms with Gasteiger partial charge in [0.15, 0.2) is 6.61 Å². The average molecular weight is 784 g/mol. The molecule has 1 aliphatic carbocycles. The molecule has 2 amide bonds. The minimum Gasteiger partial charge on any atom is -0.497 e. The topological polar surface area (TPSA) is 194 Å². The Bertz CT molecular complexity index is 2000. The highest BCUT2D eigenvalue weighted by molar-refractivity contribution is 6.36. The van der Waals surface area contributed by atoms with Crippen LogP contribution in [0.3, 0.4) is 0 Å². The number of hydrogen-bond donors (Lipinski definition) is 5. The summed E-state index contributed by atoms with van der Waals surface area (Å²) in [5.41, 5.74) is 1.69. The number of nitrogens with zero attached hydrogens (tertiary/aromatic N) is 3. The molecule has 1 atom stereocenters. The Kier molecular flexibility index (Phi) is 13.1. The molecule has 18 heteroatoms. The zero-order valence-electron chi connectivity index (χ0n) is 29.4. The molecule has 1 heterocycles. The summed E-state index contributed by atoms with van der Waals surface area (Å²) in [6.45, 7) is -1.81. The molecule has 0 aliphatic heterocycles. The lowest BCUT2D eigenvalue weighted by Gasteiger charge is -2.19. The lowest BCUT2D eigenvalue weighted by molar-refractivity contribution is -0.154. The summed E-state index contributed by atoms with van der Waals surface area (Å²) >= 11 is 6.02. The molecule has 0 bridgehead atoms. The molecule has 0 spiro atoms. The maximum atomic E-state index is 12.9. The van der Waals surface area contributed by atoms with Crippen LogP contribution in [0.2, 0.25) is 5.02 Å². The van der Waals surface area contributed by atoms with Crippen molar-refractivity contribution >= 4 is 52.8 Å². The standard InChI is InChI=1S/C37H37ClF3N7O7/c1-54-27-6-2-4-22(20-27)5-3-7-29(49)31(51)42-19-16-28(32(52)53)44-30(50)23-8-14-26(15-9-23)43-33-45-34(47-35(46-33)55-21-37(39,40)41)48-36(17-18-36)24-10-12-25(38)13-11-24/h2,4,6,8-15,20,28H,3,5,7,16-19,21H2,1H3,(H,42,51)(H,44,50)(H,52,53)(H2,43,45,46,47,48)/t28-/m0/s1. The molecule has 1 saturated carbocycles. The van der Waals surface area contributed by atoms with E-state index in [1.807, 2.05) is 30.3 Å². The van der Waals surface area contributed by atoms with E-state index in [9.17, 15) is 37.5 Å². The SMILES string of the molecule is COc1cccc(CCCC(=O)C(=O)NCC[C@H](NC(=O)c2ccc(Nc3nc(NC4(c5ccc(Cl)cc5)CC4)nc(OCC(F)(F)F)n3)cc2)C(=O)O)c1. The third-order valence-corrected chi connectivity index (χ3v) is 8.71. The molecule has 290 valence electrons. The highest BCUT2D eigenvalue weighted by atomic mass is 35.5. The smallest absolute Gasteiger partial charge is 0.422 e. The lowest BCUT2D eigenvalue weighted by atomic mass is 10.1. The molecule has 0 saturated heterocycles. The summed E-state index contributed by atoms with van der Waals surface area (Å²) in [6.07, 6.45) is -2.45. The quantitative estimate of drug-likeness (QED) is 0.0741. The maximum Gasteiger partial charge on any atom is 0.422 e. The van der Waals surface area contributed by atoms with Crippen LogP contribution in [0.4, 0.5) is 30.8 Å². The van der Waals surface area contributed by atoms with Gasteiger partial charge in [0.25, 0.3) is 11.8 Å². The predicted octanol–water partition coefficient (Wildman–Crippen LogP) is 5.60. The van der Waals surface area contributed by atoms with Crippen molar-refractivity contribution in [3.8, 4) is 11.8 Å². The Labute approximate surface area is 318 Å². The number of carbonyl (C=O) groups excluding carboxylic acids is 3. The molecular formula is C37H37ClF3N7O7. The first-order valence-corrected chi connectivity index (χ1v) is 17.4. The van der Waals surface area contributed by atoms with Crippen LogP contribution in [0.25, 0.3) is 0 Å². The third-order valence-electron chi connectivity index (χ3n) is 8.46. The first-order chi connectivity index (χ1) is 26.2. The van der Waals surface area contributed by atoms with Crippen molar-refractivity contribution in [1.82, 2.24) is 25.6 Å². The van der Waals surface area contributed by atoms with Crippen LogP contribution < -0.4 is 30.7 Å². The van der Waals surface area contributed by atoms with Gasteiger partial charge in [0.1, 0.15) is 11.8 Å². The van der Waals surface area contributed by atoms with E-state index in [-0.39, 0.29) is 36.8 Å². The van der Waals surface area contributed by atoms with Crippen molar-refractivity contribution < 1.29 is 46.9 Å². The number of aromatic nitrogens is 3. The molecule has 0 unspecified atom stereocenters. The van der Waals surface area contributed by atoms with E-state index in [4.69, 9.17) is 21.1 Å². The lowest BCUT2D eigenvalue weighted by Crippen LogP contribution is -2.43. The Morgan fingerprint density at radius 1 is 0.964 bits per heavy atom. The predicted molar refractivity (Wildman–Crippen MR) is 195 cm³/mol. The first kappa shape index (κ1) is 40.2. The number of hydrogen-bond acceptors (Lipinski definition) is 11. The molecule has 1 fully saturated rings. The molecule has 4 aromatic rings. The summed E-state index contributed by atoms with van der Waals surface area (Å²) in [5, 5.41) is 21.0. The van der Waals surface area contributed by atoms with Gasteiger partial charge in [0.2, 0.25) is 17.7 Å². The Morgan fingerprint density at radius 2 is 1.67 bits per heavy atom. The van der Waals surface area contributed by atoms with E-state index in [1.165, 1.54) is 24.3 Å². The number of halogens is 4. The number of carboxylic acid groups (broad SMARTS) is 1. The third kappa shape index (κ3) is 12.0. The Balaban J connectivity index is 1.15. The number of nitrogens with one attached hydrogen (secondary N) is 4. The van der Waals surface area contributed by atoms with Gasteiger partial charge < -0.3 is 35.8 Å². The number of aliphatic carboxylic acids is 1. The number of aryl methyl sites for hydroxylation is 1. The number of amides is 2. The van der Waals surface area contributed by atoms with Gasteiger partial charge in [0.05, 0.1) is 12.6 Å². The largest absolute Gasteiger partial charge is 0.497 e. The van der Waals surface area contributed by atoms with Crippen molar-refractivity contribution in [2.24, 2.45) is 0 Å². The van der Waals surface area contributed by atoms with Gasteiger partial charge in [-0.05, 0) is 91.8 Å². The number of ether oxygens (including phenoxy) is 2. The van der Waals surface area contributed by atoms with Crippen molar-refractivity contribution in [2.75, 3.05) is 30.9 Å². The fourth-order valence-electron chi connectivity index (χ4n) is 5.43. The Hall–Kier alpha value is -5.97. The number of ketones is 1. The van der Waals surface area contributed by atoms with Crippen molar-refractivity contribution in [2.45, 2.75) is 56.3 Å². The van der Waals surface area contributed by atoms with E-state index in [1.54, 1.807) is 25.3 Å². The number of anilines is 3. The minimum atomic E-state index is -4.64. The highest BCUT2D eigenvalue weighted by Crippen LogP contribution is 2.48. The van der Waals surface area contributed by atoms with Crippen LogP contribution >= 0.6 is 11.6 Å². The molecule has 0 radical (unpaired) electrons. The number of benzene rings is 3. The van der Waals surface area contributed by atoms with Gasteiger partial charge in [-0.3, -0.25) is 14.4 Å². The zero-order chi connectivity index (χ0) is 39.6. The first-order valence-electron chi connectivity index (χ1n) is 17.1. The molecule has 1 aliphatic rings. The van der Waals surface area contributed by atoms with E-state index < -0.39 is 53.9 Å². The van der Waals surface area contributed by atoms with Crippen LogP contribution in [0.15, 0.2) is 72.8 Å². The van der Waals surface area contributed by atoms with Gasteiger partial charge in [-0.1, -0.05) is 35.9 Å². The summed E-state index contributed by atoms with van der Waals surface area (Å²) in [7, 11) is 1.55. The second-order valence-corrected chi connectivity index (χ2v) is 13.1. The van der Waals surface area contributed by atoms with Crippen molar-refractivity contribution in [3.05, 3.63) is 94.5 Å². The van der Waals surface area contributed by atoms with Gasteiger partial charge in [0, 0.05) is 29.2 Å². The monoisotopic (exact) mass is 783 g/mol.